The number of allylic oxidation sites excluding steroid dienone is 1. The number of piperazine rings is 1. The van der Waals surface area contributed by atoms with Gasteiger partial charge in [-0.25, -0.2) is 4.39 Å². The number of likely N-dealkylation sites (tertiary alicyclic amines) is 2. The topological polar surface area (TPSA) is 167 Å². The number of nitrogens with one attached hydrogen (secondary N) is 2. The Bertz CT molecular complexity index is 2350. The number of imide groups is 1. The maximum atomic E-state index is 15.9. The first-order valence-corrected chi connectivity index (χ1v) is 23.8. The molecule has 0 bridgehead atoms. The third kappa shape index (κ3) is 9.43. The summed E-state index contributed by atoms with van der Waals surface area (Å²) in [4.78, 5) is 47.5. The normalized spacial score (nSPS) is 27.9. The maximum Gasteiger partial charge on any atom is 0.253 e. The molecular weight excluding hydrogens is 843 g/mol. The lowest BCUT2D eigenvalue weighted by Crippen LogP contribution is -2.61. The number of carbonyl (C=O) groups excluding carboxylic acids is 3. The average Bonchev–Trinajstić information content (AvgIpc) is 3.64. The van der Waals surface area contributed by atoms with Crippen molar-refractivity contribution in [3.8, 4) is 6.07 Å². The minimum Gasteiger partial charge on any atom is -0.399 e. The van der Waals surface area contributed by atoms with Gasteiger partial charge in [0.25, 0.3) is 5.91 Å². The molecule has 6 N–H and O–H groups in total. The van der Waals surface area contributed by atoms with Gasteiger partial charge in [0.05, 0.1) is 17.4 Å². The number of amides is 3. The number of hydrogen-bond acceptors (Lipinski definition) is 11. The fourth-order valence-corrected chi connectivity index (χ4v) is 12.1. The van der Waals surface area contributed by atoms with Crippen molar-refractivity contribution in [2.75, 3.05) is 86.3 Å². The molecule has 0 saturated carbocycles. The molecule has 3 aromatic carbocycles. The average molecular weight is 906 g/mol. The number of nitrogens with zero attached hydrogens (tertiary/aromatic N) is 6. The van der Waals surface area contributed by atoms with E-state index in [1.54, 1.807) is 12.1 Å². The van der Waals surface area contributed by atoms with Crippen LogP contribution in [-0.2, 0) is 9.59 Å². The minimum absolute atomic E-state index is 0.0322. The molecule has 5 heterocycles. The third-order valence-corrected chi connectivity index (χ3v) is 15.7. The van der Waals surface area contributed by atoms with Crippen LogP contribution in [0.3, 0.4) is 0 Å². The highest BCUT2D eigenvalue weighted by molar-refractivity contribution is 6.32. The number of benzene rings is 3. The van der Waals surface area contributed by atoms with Gasteiger partial charge in [0.1, 0.15) is 11.9 Å². The van der Waals surface area contributed by atoms with Gasteiger partial charge < -0.3 is 31.5 Å². The maximum absolute atomic E-state index is 15.9. The van der Waals surface area contributed by atoms with E-state index in [1.807, 2.05) is 47.4 Å². The molecule has 3 aromatic rings. The van der Waals surface area contributed by atoms with Crippen molar-refractivity contribution >= 4 is 57.6 Å². The predicted octanol–water partition coefficient (Wildman–Crippen LogP) is 6.01. The molecule has 5 saturated heterocycles. The van der Waals surface area contributed by atoms with E-state index >= 15 is 4.39 Å². The summed E-state index contributed by atoms with van der Waals surface area (Å²) in [7, 11) is 0. The zero-order valence-electron chi connectivity index (χ0n) is 37.4. The van der Waals surface area contributed by atoms with Crippen LogP contribution in [0, 0.1) is 28.5 Å². The number of piperidine rings is 3. The monoisotopic (exact) mass is 904 g/mol. The quantitative estimate of drug-likeness (QED) is 0.113. The molecular formula is C50H62ClFN10O3. The van der Waals surface area contributed by atoms with Crippen molar-refractivity contribution in [1.82, 2.24) is 20.0 Å². The molecule has 13 nitrogen and oxygen atoms in total. The molecule has 1 aliphatic carbocycles. The SMILES string of the molecule is C[C@H]1CC2(CCN(c3ccc(C(=O)N4CCC(CN5CCN(c6cccc(N[C@@H]7CCC(=O)NC7=O)c6)CC5)CC4)cc3F)CC2)CN1C1(N)CC=C(c2ccc(N)cc2)C(Cl)(C#N)C1. The van der Waals surface area contributed by atoms with E-state index in [-0.39, 0.29) is 35.0 Å². The second-order valence-electron chi connectivity index (χ2n) is 19.7. The summed E-state index contributed by atoms with van der Waals surface area (Å²) < 4.78 is 15.9. The predicted molar refractivity (Wildman–Crippen MR) is 254 cm³/mol. The molecule has 6 aliphatic rings. The van der Waals surface area contributed by atoms with E-state index in [0.717, 1.165) is 93.9 Å². The van der Waals surface area contributed by atoms with E-state index in [0.29, 0.717) is 74.7 Å². The van der Waals surface area contributed by atoms with Crippen LogP contribution in [0.1, 0.15) is 80.6 Å². The summed E-state index contributed by atoms with van der Waals surface area (Å²) in [5, 5.41) is 16.0. The van der Waals surface area contributed by atoms with Crippen LogP contribution in [-0.4, -0.2) is 120 Å². The molecule has 5 fully saturated rings. The van der Waals surface area contributed by atoms with Crippen molar-refractivity contribution in [3.05, 3.63) is 89.8 Å². The van der Waals surface area contributed by atoms with Crippen LogP contribution in [0.2, 0.25) is 0 Å². The van der Waals surface area contributed by atoms with E-state index in [1.165, 1.54) is 6.07 Å². The minimum atomic E-state index is -1.26. The molecule has 0 radical (unpaired) electrons. The van der Waals surface area contributed by atoms with Crippen LogP contribution in [0.5, 0.6) is 0 Å². The second-order valence-corrected chi connectivity index (χ2v) is 20.3. The molecule has 2 unspecified atom stereocenters. The Morgan fingerprint density at radius 3 is 2.38 bits per heavy atom. The number of rotatable bonds is 9. The van der Waals surface area contributed by atoms with Gasteiger partial charge >= 0.3 is 0 Å². The molecule has 9 rings (SSSR count). The first-order chi connectivity index (χ1) is 31.2. The highest BCUT2D eigenvalue weighted by Gasteiger charge is 2.54. The number of halogens is 2. The Balaban J connectivity index is 0.730. The van der Waals surface area contributed by atoms with E-state index < -0.39 is 16.6 Å². The Hall–Kier alpha value is -5.20. The number of nitrogen functional groups attached to an aromatic ring is 1. The number of carbonyl (C=O) groups is 3. The molecule has 5 aliphatic heterocycles. The number of nitrogens with two attached hydrogens (primary N) is 2. The molecule has 15 heteroatoms. The lowest BCUT2D eigenvalue weighted by molar-refractivity contribution is -0.133. The molecule has 65 heavy (non-hydrogen) atoms. The van der Waals surface area contributed by atoms with Crippen LogP contribution in [0.4, 0.5) is 27.1 Å². The van der Waals surface area contributed by atoms with Gasteiger partial charge in [-0.15, -0.1) is 0 Å². The molecule has 0 aromatic heterocycles. The van der Waals surface area contributed by atoms with Gasteiger partial charge in [0, 0.05) is 107 Å². The molecule has 3 amide bonds. The summed E-state index contributed by atoms with van der Waals surface area (Å²) in [5.41, 5.74) is 17.6. The van der Waals surface area contributed by atoms with Crippen LogP contribution in [0.15, 0.2) is 72.8 Å². The summed E-state index contributed by atoms with van der Waals surface area (Å²) in [6, 6.07) is 22.7. The largest absolute Gasteiger partial charge is 0.399 e. The van der Waals surface area contributed by atoms with Crippen molar-refractivity contribution in [2.24, 2.45) is 17.1 Å². The van der Waals surface area contributed by atoms with Crippen LogP contribution >= 0.6 is 11.6 Å². The van der Waals surface area contributed by atoms with Crippen molar-refractivity contribution in [2.45, 2.75) is 87.3 Å². The van der Waals surface area contributed by atoms with Gasteiger partial charge in [-0.1, -0.05) is 35.9 Å². The van der Waals surface area contributed by atoms with Gasteiger partial charge in [-0.3, -0.25) is 29.5 Å². The number of anilines is 4. The number of nitriles is 1. The lowest BCUT2D eigenvalue weighted by atomic mass is 9.76. The zero-order chi connectivity index (χ0) is 45.5. The van der Waals surface area contributed by atoms with Crippen LogP contribution in [0.25, 0.3) is 5.57 Å². The summed E-state index contributed by atoms with van der Waals surface area (Å²) in [5.74, 6) is -0.468. The Kier molecular flexibility index (Phi) is 12.6. The van der Waals surface area contributed by atoms with Gasteiger partial charge in [0.15, 0.2) is 4.87 Å². The van der Waals surface area contributed by atoms with Gasteiger partial charge in [-0.05, 0) is 123 Å². The third-order valence-electron chi connectivity index (χ3n) is 15.3. The summed E-state index contributed by atoms with van der Waals surface area (Å²) >= 11 is 7.10. The zero-order valence-corrected chi connectivity index (χ0v) is 38.2. The first kappa shape index (κ1) is 45.0. The highest BCUT2D eigenvalue weighted by atomic mass is 35.5. The summed E-state index contributed by atoms with van der Waals surface area (Å²) in [6.07, 6.45) is 8.35. The number of hydrogen-bond donors (Lipinski definition) is 4. The standard InChI is InChI=1S/C50H62ClFN10O3/c1-34-29-48(33-62(34)50(55)16-13-41(49(51,31-50)32-53)36-5-8-38(54)9-6-36)17-21-60(22-18-48)44-11-7-37(27-42(44)52)47(65)61-19-14-35(15-20-61)30-58-23-25-59(26-24-58)40-4-2-3-39(28-40)56-43-10-12-45(63)57-46(43)64/h2-9,11,13,27-28,34-35,43,56H,10,12,14-26,29-31,33,54-55H2,1H3,(H,57,63,64)/t34-,43+,49?,50?/m0/s1. The van der Waals surface area contributed by atoms with E-state index in [2.05, 4.69) is 55.4 Å². The van der Waals surface area contributed by atoms with Crippen LogP contribution < -0.4 is 31.9 Å². The molecule has 344 valence electrons. The fourth-order valence-electron chi connectivity index (χ4n) is 11.6. The van der Waals surface area contributed by atoms with E-state index in [4.69, 9.17) is 23.1 Å². The Labute approximate surface area is 386 Å². The smallest absolute Gasteiger partial charge is 0.253 e. The van der Waals surface area contributed by atoms with Gasteiger partial charge in [0.2, 0.25) is 11.8 Å². The summed E-state index contributed by atoms with van der Waals surface area (Å²) in [6.45, 7) is 10.5. The fraction of sp³-hybridized carbons (Fsp3) is 0.520. The Morgan fingerprint density at radius 1 is 0.954 bits per heavy atom. The van der Waals surface area contributed by atoms with Gasteiger partial charge in [-0.2, -0.15) is 5.26 Å². The highest BCUT2D eigenvalue weighted by Crippen LogP contribution is 2.51. The molecule has 1 spiro atoms. The van der Waals surface area contributed by atoms with Crippen molar-refractivity contribution in [1.29, 1.82) is 5.26 Å². The molecule has 4 atom stereocenters. The lowest BCUT2D eigenvalue weighted by Gasteiger charge is -2.48. The number of alkyl halides is 1. The Morgan fingerprint density at radius 2 is 1.69 bits per heavy atom. The van der Waals surface area contributed by atoms with Crippen molar-refractivity contribution < 1.29 is 18.8 Å². The second kappa shape index (κ2) is 18.2. The first-order valence-electron chi connectivity index (χ1n) is 23.5. The van der Waals surface area contributed by atoms with E-state index in [9.17, 15) is 19.6 Å². The van der Waals surface area contributed by atoms with Crippen molar-refractivity contribution in [3.63, 3.8) is 0 Å².